The first-order chi connectivity index (χ1) is 13.2. The van der Waals surface area contributed by atoms with Crippen LogP contribution in [0, 0.1) is 5.82 Å². The monoisotopic (exact) mass is 368 g/mol. The first-order valence-corrected chi connectivity index (χ1v) is 9.32. The molecule has 0 aromatic heterocycles. The third-order valence-corrected chi connectivity index (χ3v) is 4.65. The van der Waals surface area contributed by atoms with Crippen molar-refractivity contribution in [3.05, 3.63) is 71.6 Å². The Bertz CT molecular complexity index is 800. The van der Waals surface area contributed by atoms with Gasteiger partial charge in [-0.2, -0.15) is 0 Å². The number of hydrogen-bond donors (Lipinski definition) is 1. The van der Waals surface area contributed by atoms with Gasteiger partial charge in [0.1, 0.15) is 5.82 Å². The first kappa shape index (κ1) is 19.1. The SMILES string of the molecule is CCC(NC(=O)C=Cc1cccc(F)c1)c1cccc(N2CCOCC2)c1. The standard InChI is InChI=1S/C22H25FN2O2/c1-2-21(24-22(26)10-9-17-5-3-7-19(23)15-17)18-6-4-8-20(16-18)25-11-13-27-14-12-25/h3-10,15-16,21H,2,11-14H2,1H3,(H,24,26). The van der Waals surface area contributed by atoms with E-state index in [9.17, 15) is 9.18 Å². The van der Waals surface area contributed by atoms with Crippen LogP contribution in [0.2, 0.25) is 0 Å². The highest BCUT2D eigenvalue weighted by Gasteiger charge is 2.15. The lowest BCUT2D eigenvalue weighted by Gasteiger charge is -2.29. The molecule has 1 amide bonds. The Morgan fingerprint density at radius 1 is 1.22 bits per heavy atom. The molecule has 0 radical (unpaired) electrons. The molecule has 142 valence electrons. The van der Waals surface area contributed by atoms with Crippen molar-refractivity contribution >= 4 is 17.7 Å². The molecule has 0 saturated carbocycles. The largest absolute Gasteiger partial charge is 0.378 e. The summed E-state index contributed by atoms with van der Waals surface area (Å²) in [6.45, 7) is 5.28. The molecule has 1 fully saturated rings. The minimum Gasteiger partial charge on any atom is -0.378 e. The Labute approximate surface area is 159 Å². The van der Waals surface area contributed by atoms with E-state index in [2.05, 4.69) is 22.3 Å². The van der Waals surface area contributed by atoms with E-state index < -0.39 is 0 Å². The topological polar surface area (TPSA) is 41.6 Å². The maximum Gasteiger partial charge on any atom is 0.244 e. The van der Waals surface area contributed by atoms with Crippen LogP contribution in [0.5, 0.6) is 0 Å². The second-order valence-corrected chi connectivity index (χ2v) is 6.55. The van der Waals surface area contributed by atoms with E-state index in [0.29, 0.717) is 5.56 Å². The summed E-state index contributed by atoms with van der Waals surface area (Å²) < 4.78 is 18.6. The number of rotatable bonds is 6. The van der Waals surface area contributed by atoms with Crippen molar-refractivity contribution < 1.29 is 13.9 Å². The van der Waals surface area contributed by atoms with E-state index in [1.165, 1.54) is 18.2 Å². The average Bonchev–Trinajstić information content (AvgIpc) is 2.71. The van der Waals surface area contributed by atoms with Crippen LogP contribution in [0.4, 0.5) is 10.1 Å². The van der Waals surface area contributed by atoms with Crippen LogP contribution in [0.15, 0.2) is 54.6 Å². The van der Waals surface area contributed by atoms with Crippen molar-refractivity contribution in [3.8, 4) is 0 Å². The van der Waals surface area contributed by atoms with E-state index in [4.69, 9.17) is 4.74 Å². The van der Waals surface area contributed by atoms with Gasteiger partial charge in [-0.15, -0.1) is 0 Å². The summed E-state index contributed by atoms with van der Waals surface area (Å²) in [6, 6.07) is 14.4. The highest BCUT2D eigenvalue weighted by molar-refractivity contribution is 5.92. The fourth-order valence-electron chi connectivity index (χ4n) is 3.18. The summed E-state index contributed by atoms with van der Waals surface area (Å²) in [4.78, 5) is 14.6. The van der Waals surface area contributed by atoms with Gasteiger partial charge in [-0.25, -0.2) is 4.39 Å². The fraction of sp³-hybridized carbons (Fsp3) is 0.318. The van der Waals surface area contributed by atoms with E-state index in [0.717, 1.165) is 44.0 Å². The number of carbonyl (C=O) groups excluding carboxylic acids is 1. The molecule has 3 rings (SSSR count). The molecule has 1 saturated heterocycles. The molecule has 1 heterocycles. The van der Waals surface area contributed by atoms with Crippen LogP contribution >= 0.6 is 0 Å². The molecule has 0 bridgehead atoms. The van der Waals surface area contributed by atoms with Crippen molar-refractivity contribution in [1.82, 2.24) is 5.32 Å². The van der Waals surface area contributed by atoms with Gasteiger partial charge in [-0.3, -0.25) is 4.79 Å². The number of hydrogen-bond acceptors (Lipinski definition) is 3. The molecule has 2 aromatic carbocycles. The molecule has 0 spiro atoms. The van der Waals surface area contributed by atoms with Gasteiger partial charge in [0, 0.05) is 24.9 Å². The van der Waals surface area contributed by atoms with Gasteiger partial charge in [-0.1, -0.05) is 31.2 Å². The molecule has 1 unspecified atom stereocenters. The molecule has 4 nitrogen and oxygen atoms in total. The van der Waals surface area contributed by atoms with Gasteiger partial charge in [-0.05, 0) is 47.9 Å². The van der Waals surface area contributed by atoms with Crippen LogP contribution in [-0.4, -0.2) is 32.2 Å². The van der Waals surface area contributed by atoms with Crippen LogP contribution in [0.1, 0.15) is 30.5 Å². The number of ether oxygens (including phenoxy) is 1. The van der Waals surface area contributed by atoms with Gasteiger partial charge in [0.25, 0.3) is 0 Å². The Morgan fingerprint density at radius 2 is 2.00 bits per heavy atom. The van der Waals surface area contributed by atoms with Crippen molar-refractivity contribution in [2.45, 2.75) is 19.4 Å². The van der Waals surface area contributed by atoms with Crippen molar-refractivity contribution in [2.24, 2.45) is 0 Å². The van der Waals surface area contributed by atoms with Gasteiger partial charge in [0.05, 0.1) is 19.3 Å². The van der Waals surface area contributed by atoms with Crippen molar-refractivity contribution in [3.63, 3.8) is 0 Å². The number of nitrogens with zero attached hydrogens (tertiary/aromatic N) is 1. The molecule has 1 atom stereocenters. The van der Waals surface area contributed by atoms with Gasteiger partial charge >= 0.3 is 0 Å². The number of morpholine rings is 1. The second kappa shape index (κ2) is 9.33. The third-order valence-electron chi connectivity index (χ3n) is 4.65. The lowest BCUT2D eigenvalue weighted by Crippen LogP contribution is -2.36. The molecule has 27 heavy (non-hydrogen) atoms. The predicted octanol–water partition coefficient (Wildman–Crippen LogP) is 3.94. The molecular weight excluding hydrogens is 343 g/mol. The van der Waals surface area contributed by atoms with Crippen molar-refractivity contribution in [1.29, 1.82) is 0 Å². The summed E-state index contributed by atoms with van der Waals surface area (Å²) in [7, 11) is 0. The van der Waals surface area contributed by atoms with E-state index in [1.807, 2.05) is 19.1 Å². The summed E-state index contributed by atoms with van der Waals surface area (Å²) >= 11 is 0. The lowest BCUT2D eigenvalue weighted by molar-refractivity contribution is -0.117. The zero-order valence-electron chi connectivity index (χ0n) is 15.5. The van der Waals surface area contributed by atoms with Gasteiger partial charge in [0.2, 0.25) is 5.91 Å². The summed E-state index contributed by atoms with van der Waals surface area (Å²) in [5, 5.41) is 3.04. The predicted molar refractivity (Wildman–Crippen MR) is 106 cm³/mol. The first-order valence-electron chi connectivity index (χ1n) is 9.32. The van der Waals surface area contributed by atoms with Crippen LogP contribution < -0.4 is 10.2 Å². The number of halogens is 1. The highest BCUT2D eigenvalue weighted by Crippen LogP contribution is 2.23. The maximum atomic E-state index is 13.2. The fourth-order valence-corrected chi connectivity index (χ4v) is 3.18. The Balaban J connectivity index is 1.66. The zero-order chi connectivity index (χ0) is 19.1. The van der Waals surface area contributed by atoms with Crippen LogP contribution in [-0.2, 0) is 9.53 Å². The third kappa shape index (κ3) is 5.41. The zero-order valence-corrected chi connectivity index (χ0v) is 15.5. The van der Waals surface area contributed by atoms with E-state index >= 15 is 0 Å². The van der Waals surface area contributed by atoms with Crippen molar-refractivity contribution in [2.75, 3.05) is 31.2 Å². The summed E-state index contributed by atoms with van der Waals surface area (Å²) in [5.41, 5.74) is 2.89. The molecule has 1 aliphatic rings. The minimum atomic E-state index is -0.316. The molecule has 2 aromatic rings. The quantitative estimate of drug-likeness (QED) is 0.785. The van der Waals surface area contributed by atoms with Crippen LogP contribution in [0.25, 0.3) is 6.08 Å². The number of anilines is 1. The summed E-state index contributed by atoms with van der Waals surface area (Å²) in [5.74, 6) is -0.508. The van der Waals surface area contributed by atoms with E-state index in [1.54, 1.807) is 18.2 Å². The normalized spacial score (nSPS) is 15.7. The molecular formula is C22H25FN2O2. The Hall–Kier alpha value is -2.66. The van der Waals surface area contributed by atoms with Gasteiger partial charge < -0.3 is 15.0 Å². The smallest absolute Gasteiger partial charge is 0.244 e. The molecule has 5 heteroatoms. The number of carbonyl (C=O) groups is 1. The highest BCUT2D eigenvalue weighted by atomic mass is 19.1. The van der Waals surface area contributed by atoms with Crippen LogP contribution in [0.3, 0.4) is 0 Å². The molecule has 1 N–H and O–H groups in total. The average molecular weight is 368 g/mol. The lowest BCUT2D eigenvalue weighted by atomic mass is 10.0. The number of benzene rings is 2. The number of amides is 1. The summed E-state index contributed by atoms with van der Waals surface area (Å²) in [6.07, 6.45) is 3.85. The molecule has 0 aliphatic carbocycles. The van der Waals surface area contributed by atoms with Gasteiger partial charge in [0.15, 0.2) is 0 Å². The molecule has 1 aliphatic heterocycles. The maximum absolute atomic E-state index is 13.2. The second-order valence-electron chi connectivity index (χ2n) is 6.55. The van der Waals surface area contributed by atoms with E-state index in [-0.39, 0.29) is 17.8 Å². The number of nitrogens with one attached hydrogen (secondary N) is 1. The minimum absolute atomic E-state index is 0.0735. The Kier molecular flexibility index (Phi) is 6.60. The Morgan fingerprint density at radius 3 is 2.74 bits per heavy atom.